The number of aromatic nitrogens is 6. The third-order valence-electron chi connectivity index (χ3n) is 5.08. The van der Waals surface area contributed by atoms with Gasteiger partial charge in [-0.3, -0.25) is 14.2 Å². The number of carbonyl (C=O) groups is 1. The maximum Gasteiger partial charge on any atom is 0.332 e. The van der Waals surface area contributed by atoms with Crippen molar-refractivity contribution >= 4 is 17.1 Å². The minimum Gasteiger partial charge on any atom is -0.348 e. The Morgan fingerprint density at radius 1 is 1.13 bits per heavy atom. The third-order valence-corrected chi connectivity index (χ3v) is 5.08. The summed E-state index contributed by atoms with van der Waals surface area (Å²) in [5, 5.41) is 2.84. The van der Waals surface area contributed by atoms with Crippen LogP contribution in [0.1, 0.15) is 18.5 Å². The highest BCUT2D eigenvalue weighted by atomic mass is 16.2. The summed E-state index contributed by atoms with van der Waals surface area (Å²) in [5.74, 6) is -0.429. The number of amides is 1. The molecular formula is C20H21N7O3. The summed E-state index contributed by atoms with van der Waals surface area (Å²) in [4.78, 5) is 45.9. The summed E-state index contributed by atoms with van der Waals surface area (Å²) in [5.41, 5.74) is 1.28. The van der Waals surface area contributed by atoms with Crippen molar-refractivity contribution in [3.05, 3.63) is 75.7 Å². The number of fused-ring (bicyclic) bond motifs is 1. The van der Waals surface area contributed by atoms with Crippen LogP contribution < -0.4 is 16.6 Å². The first-order chi connectivity index (χ1) is 14.4. The van der Waals surface area contributed by atoms with Crippen molar-refractivity contribution in [1.82, 2.24) is 33.6 Å². The van der Waals surface area contributed by atoms with Crippen LogP contribution >= 0.6 is 0 Å². The molecule has 0 unspecified atom stereocenters. The van der Waals surface area contributed by atoms with Crippen LogP contribution in [-0.4, -0.2) is 34.1 Å². The summed E-state index contributed by atoms with van der Waals surface area (Å²) < 4.78 is 5.61. The molecule has 3 heterocycles. The minimum absolute atomic E-state index is 0.271. The lowest BCUT2D eigenvalue weighted by atomic mass is 10.1. The van der Waals surface area contributed by atoms with E-state index < -0.39 is 17.2 Å². The average Bonchev–Trinajstić information content (AvgIpc) is 3.40. The van der Waals surface area contributed by atoms with Crippen LogP contribution in [0.15, 0.2) is 58.9 Å². The molecule has 4 aromatic rings. The molecule has 10 heteroatoms. The number of aryl methyl sites for hydroxylation is 2. The molecule has 1 N–H and O–H groups in total. The first-order valence-electron chi connectivity index (χ1n) is 9.35. The largest absolute Gasteiger partial charge is 0.348 e. The molecule has 4 rings (SSSR count). The van der Waals surface area contributed by atoms with Crippen LogP contribution in [0, 0.1) is 0 Å². The quantitative estimate of drug-likeness (QED) is 0.518. The van der Waals surface area contributed by atoms with Crippen LogP contribution in [-0.2, 0) is 25.4 Å². The number of hydrogen-bond acceptors (Lipinski definition) is 5. The molecule has 0 aliphatic rings. The van der Waals surface area contributed by atoms with Gasteiger partial charge < -0.3 is 14.5 Å². The fraction of sp³-hybridized carbons (Fsp3) is 0.250. The van der Waals surface area contributed by atoms with Crippen molar-refractivity contribution in [3.63, 3.8) is 0 Å². The predicted molar refractivity (Wildman–Crippen MR) is 110 cm³/mol. The maximum atomic E-state index is 12.7. The van der Waals surface area contributed by atoms with Gasteiger partial charge in [-0.1, -0.05) is 12.1 Å². The van der Waals surface area contributed by atoms with Gasteiger partial charge in [0.15, 0.2) is 11.2 Å². The highest BCUT2D eigenvalue weighted by molar-refractivity contribution is 5.77. The molecule has 1 atom stereocenters. The molecule has 3 aromatic heterocycles. The molecular weight excluding hydrogens is 386 g/mol. The number of nitrogens with zero attached hydrogens (tertiary/aromatic N) is 6. The fourth-order valence-electron chi connectivity index (χ4n) is 3.40. The minimum atomic E-state index is -0.585. The second-order valence-electron chi connectivity index (χ2n) is 7.11. The molecule has 0 bridgehead atoms. The molecule has 1 aromatic carbocycles. The van der Waals surface area contributed by atoms with Gasteiger partial charge in [0.05, 0.1) is 18.7 Å². The van der Waals surface area contributed by atoms with Gasteiger partial charge >= 0.3 is 5.69 Å². The zero-order chi connectivity index (χ0) is 21.4. The van der Waals surface area contributed by atoms with Gasteiger partial charge in [-0.2, -0.15) is 0 Å². The molecule has 0 saturated heterocycles. The number of nitrogens with one attached hydrogen (secondary N) is 1. The molecule has 30 heavy (non-hydrogen) atoms. The Labute approximate surface area is 171 Å². The topological polar surface area (TPSA) is 109 Å². The number of carbonyl (C=O) groups excluding carboxylic acids is 1. The molecule has 1 amide bonds. The van der Waals surface area contributed by atoms with Gasteiger partial charge in [-0.25, -0.2) is 19.3 Å². The van der Waals surface area contributed by atoms with Gasteiger partial charge in [0.1, 0.15) is 6.54 Å². The van der Waals surface area contributed by atoms with Crippen molar-refractivity contribution in [1.29, 1.82) is 0 Å². The van der Waals surface area contributed by atoms with Crippen molar-refractivity contribution < 1.29 is 4.79 Å². The van der Waals surface area contributed by atoms with Crippen LogP contribution in [0.5, 0.6) is 0 Å². The Morgan fingerprint density at radius 3 is 2.53 bits per heavy atom. The monoisotopic (exact) mass is 407 g/mol. The van der Waals surface area contributed by atoms with E-state index >= 15 is 0 Å². The molecule has 0 saturated carbocycles. The number of benzene rings is 1. The SMILES string of the molecule is C[C@H](NC(=O)Cn1c(=O)c2c(ncn2C)n(C)c1=O)c1ccc(-n2ccnc2)cc1. The fourth-order valence-corrected chi connectivity index (χ4v) is 3.40. The van der Waals surface area contributed by atoms with Crippen molar-refractivity contribution in [2.24, 2.45) is 14.1 Å². The standard InChI is InChI=1S/C20H21N7O3/c1-13(14-4-6-15(7-5-14)26-9-8-21-11-26)23-16(28)10-27-19(29)17-18(22-12-24(17)2)25(3)20(27)30/h4-9,11-13H,10H2,1-3H3,(H,23,28)/t13-/m0/s1. The van der Waals surface area contributed by atoms with E-state index in [1.807, 2.05) is 42.0 Å². The summed E-state index contributed by atoms with van der Waals surface area (Å²) in [7, 11) is 3.19. The second-order valence-corrected chi connectivity index (χ2v) is 7.11. The normalized spacial score (nSPS) is 12.2. The predicted octanol–water partition coefficient (Wildman–Crippen LogP) is 0.497. The zero-order valence-corrected chi connectivity index (χ0v) is 16.8. The van der Waals surface area contributed by atoms with Gasteiger partial charge in [0.2, 0.25) is 5.91 Å². The molecule has 0 spiro atoms. The second kappa shape index (κ2) is 7.47. The van der Waals surface area contributed by atoms with E-state index in [4.69, 9.17) is 0 Å². The number of rotatable bonds is 5. The Bertz CT molecular complexity index is 1330. The molecule has 10 nitrogen and oxygen atoms in total. The van der Waals surface area contributed by atoms with Crippen molar-refractivity contribution in [2.45, 2.75) is 19.5 Å². The highest BCUT2D eigenvalue weighted by Crippen LogP contribution is 2.15. The highest BCUT2D eigenvalue weighted by Gasteiger charge is 2.18. The summed E-state index contributed by atoms with van der Waals surface area (Å²) in [6.07, 6.45) is 6.71. The van der Waals surface area contributed by atoms with Gasteiger partial charge in [-0.15, -0.1) is 0 Å². The molecule has 0 aliphatic heterocycles. The van der Waals surface area contributed by atoms with Gasteiger partial charge in [-0.05, 0) is 24.6 Å². The Kier molecular flexibility index (Phi) is 4.82. The lowest BCUT2D eigenvalue weighted by Crippen LogP contribution is -2.43. The van der Waals surface area contributed by atoms with E-state index in [1.54, 1.807) is 19.6 Å². The zero-order valence-electron chi connectivity index (χ0n) is 16.8. The lowest BCUT2D eigenvalue weighted by molar-refractivity contribution is -0.122. The van der Waals surface area contributed by atoms with E-state index in [9.17, 15) is 14.4 Å². The van der Waals surface area contributed by atoms with Crippen molar-refractivity contribution in [3.8, 4) is 5.69 Å². The molecule has 0 fully saturated rings. The number of hydrogen-bond donors (Lipinski definition) is 1. The maximum absolute atomic E-state index is 12.7. The molecule has 154 valence electrons. The summed E-state index contributed by atoms with van der Waals surface area (Å²) in [6.45, 7) is 1.47. The Morgan fingerprint density at radius 2 is 1.87 bits per heavy atom. The first-order valence-corrected chi connectivity index (χ1v) is 9.35. The van der Waals surface area contributed by atoms with Crippen LogP contribution in [0.4, 0.5) is 0 Å². The van der Waals surface area contributed by atoms with E-state index in [-0.39, 0.29) is 23.8 Å². The van der Waals surface area contributed by atoms with E-state index in [1.165, 1.54) is 22.5 Å². The van der Waals surface area contributed by atoms with Crippen LogP contribution in [0.2, 0.25) is 0 Å². The van der Waals surface area contributed by atoms with Crippen LogP contribution in [0.3, 0.4) is 0 Å². The first kappa shape index (κ1) is 19.4. The van der Waals surface area contributed by atoms with Gasteiger partial charge in [0, 0.05) is 32.2 Å². The molecule has 0 aliphatic carbocycles. The lowest BCUT2D eigenvalue weighted by Gasteiger charge is -2.16. The summed E-state index contributed by atoms with van der Waals surface area (Å²) >= 11 is 0. The van der Waals surface area contributed by atoms with E-state index in [0.29, 0.717) is 0 Å². The molecule has 0 radical (unpaired) electrons. The third kappa shape index (κ3) is 3.32. The van der Waals surface area contributed by atoms with Gasteiger partial charge in [0.25, 0.3) is 5.56 Å². The van der Waals surface area contributed by atoms with Crippen LogP contribution in [0.25, 0.3) is 16.9 Å². The Hall–Kier alpha value is -3.95. The number of imidazole rings is 2. The van der Waals surface area contributed by atoms with Crippen molar-refractivity contribution in [2.75, 3.05) is 0 Å². The van der Waals surface area contributed by atoms with E-state index in [2.05, 4.69) is 15.3 Å². The van der Waals surface area contributed by atoms with E-state index in [0.717, 1.165) is 15.8 Å². The summed E-state index contributed by atoms with van der Waals surface area (Å²) in [6, 6.07) is 7.38. The smallest absolute Gasteiger partial charge is 0.332 e. The Balaban J connectivity index is 1.53. The average molecular weight is 407 g/mol.